The molecule has 0 radical (unpaired) electrons. The molecule has 0 aliphatic carbocycles. The summed E-state index contributed by atoms with van der Waals surface area (Å²) in [6.07, 6.45) is -0.455. The van der Waals surface area contributed by atoms with E-state index in [0.717, 1.165) is 66.7 Å². The van der Waals surface area contributed by atoms with Crippen LogP contribution in [-0.4, -0.2) is 49.0 Å². The lowest BCUT2D eigenvalue weighted by atomic mass is 9.99. The highest BCUT2D eigenvalue weighted by molar-refractivity contribution is 5.85. The summed E-state index contributed by atoms with van der Waals surface area (Å²) >= 11 is 0. The van der Waals surface area contributed by atoms with Gasteiger partial charge in [0.25, 0.3) is 0 Å². The van der Waals surface area contributed by atoms with Gasteiger partial charge in [0.15, 0.2) is 0 Å². The Hall–Kier alpha value is -3.35. The molecule has 0 spiro atoms. The van der Waals surface area contributed by atoms with Crippen LogP contribution in [0.4, 0.5) is 13.2 Å². The van der Waals surface area contributed by atoms with E-state index in [0.29, 0.717) is 17.7 Å². The third-order valence-corrected chi connectivity index (χ3v) is 6.65. The van der Waals surface area contributed by atoms with Gasteiger partial charge in [-0.05, 0) is 80.2 Å². The molecule has 0 atom stereocenters. The normalized spacial score (nSPS) is 15.1. The number of likely N-dealkylation sites (tertiary alicyclic amines) is 1. The number of pyridine rings is 1. The summed E-state index contributed by atoms with van der Waals surface area (Å²) in [6, 6.07) is 13.2. The molecule has 0 bridgehead atoms. The predicted molar refractivity (Wildman–Crippen MR) is 131 cm³/mol. The van der Waals surface area contributed by atoms with Gasteiger partial charge in [0.1, 0.15) is 17.6 Å². The number of hydrogen-bond acceptors (Lipinski definition) is 6. The van der Waals surface area contributed by atoms with Crippen LogP contribution in [0.5, 0.6) is 11.5 Å². The van der Waals surface area contributed by atoms with Gasteiger partial charge in [-0.2, -0.15) is 5.26 Å². The standard InChI is InChI=1S/C27H29F3N4O2/c1-18-3-4-19(13-26(18)36-27(28,29)30)16-32-21-7-10-34(11-8-21)12-9-23-20(15-31)17-33-25-6-5-22(35-2)14-24(23)25/h3-6,13-14,17,21,32H,7-12,16H2,1-2H3. The van der Waals surface area contributed by atoms with E-state index in [-0.39, 0.29) is 11.8 Å². The van der Waals surface area contributed by atoms with Gasteiger partial charge in [0.05, 0.1) is 18.2 Å². The van der Waals surface area contributed by atoms with Crippen molar-refractivity contribution in [3.8, 4) is 17.6 Å². The summed E-state index contributed by atoms with van der Waals surface area (Å²) in [6.45, 7) is 4.71. The van der Waals surface area contributed by atoms with Crippen molar-refractivity contribution in [3.05, 3.63) is 64.8 Å². The van der Waals surface area contributed by atoms with Crippen LogP contribution >= 0.6 is 0 Å². The van der Waals surface area contributed by atoms with Crippen molar-refractivity contribution < 1.29 is 22.6 Å². The lowest BCUT2D eigenvalue weighted by Gasteiger charge is -2.32. The third kappa shape index (κ3) is 6.45. The van der Waals surface area contributed by atoms with Crippen LogP contribution in [-0.2, 0) is 13.0 Å². The first-order valence-electron chi connectivity index (χ1n) is 11.9. The van der Waals surface area contributed by atoms with Gasteiger partial charge >= 0.3 is 6.36 Å². The fourth-order valence-corrected chi connectivity index (χ4v) is 4.60. The number of aromatic nitrogens is 1. The minimum absolute atomic E-state index is 0.158. The van der Waals surface area contributed by atoms with Gasteiger partial charge in [-0.25, -0.2) is 0 Å². The number of nitriles is 1. The molecule has 0 unspecified atom stereocenters. The first-order chi connectivity index (χ1) is 17.3. The van der Waals surface area contributed by atoms with E-state index in [1.165, 1.54) is 6.07 Å². The summed E-state index contributed by atoms with van der Waals surface area (Å²) in [7, 11) is 1.62. The highest BCUT2D eigenvalue weighted by atomic mass is 19.4. The quantitative estimate of drug-likeness (QED) is 0.465. The zero-order valence-electron chi connectivity index (χ0n) is 20.4. The molecule has 0 amide bonds. The minimum Gasteiger partial charge on any atom is -0.497 e. The van der Waals surface area contributed by atoms with Gasteiger partial charge in [0, 0.05) is 30.7 Å². The number of nitrogens with one attached hydrogen (secondary N) is 1. The number of alkyl halides is 3. The average molecular weight is 499 g/mol. The van der Waals surface area contributed by atoms with E-state index in [4.69, 9.17) is 4.74 Å². The van der Waals surface area contributed by atoms with Crippen LogP contribution in [0.15, 0.2) is 42.6 Å². The van der Waals surface area contributed by atoms with Crippen molar-refractivity contribution in [1.82, 2.24) is 15.2 Å². The number of piperidine rings is 1. The van der Waals surface area contributed by atoms with Crippen LogP contribution in [0.2, 0.25) is 0 Å². The molecule has 2 aromatic carbocycles. The van der Waals surface area contributed by atoms with Crippen molar-refractivity contribution in [2.24, 2.45) is 0 Å². The molecule has 9 heteroatoms. The fourth-order valence-electron chi connectivity index (χ4n) is 4.60. The van der Waals surface area contributed by atoms with Crippen molar-refractivity contribution in [2.45, 2.75) is 45.1 Å². The molecule has 0 saturated carbocycles. The molecule has 3 aromatic rings. The molecular formula is C27H29F3N4O2. The molecule has 2 heterocycles. The van der Waals surface area contributed by atoms with E-state index in [9.17, 15) is 18.4 Å². The van der Waals surface area contributed by atoms with Crippen LogP contribution in [0, 0.1) is 18.3 Å². The Morgan fingerprint density at radius 3 is 2.64 bits per heavy atom. The lowest BCUT2D eigenvalue weighted by molar-refractivity contribution is -0.274. The van der Waals surface area contributed by atoms with Crippen LogP contribution in [0.25, 0.3) is 10.9 Å². The maximum atomic E-state index is 12.6. The summed E-state index contributed by atoms with van der Waals surface area (Å²) in [4.78, 5) is 6.78. The Morgan fingerprint density at radius 2 is 1.94 bits per heavy atom. The highest BCUT2D eigenvalue weighted by Crippen LogP contribution is 2.28. The number of halogens is 3. The number of benzene rings is 2. The van der Waals surface area contributed by atoms with Crippen LogP contribution < -0.4 is 14.8 Å². The van der Waals surface area contributed by atoms with Gasteiger partial charge in [-0.3, -0.25) is 4.98 Å². The topological polar surface area (TPSA) is 70.4 Å². The molecule has 1 aliphatic rings. The van der Waals surface area contributed by atoms with Gasteiger partial charge in [0.2, 0.25) is 0 Å². The maximum Gasteiger partial charge on any atom is 0.573 e. The Morgan fingerprint density at radius 1 is 1.17 bits per heavy atom. The zero-order chi connectivity index (χ0) is 25.7. The summed E-state index contributed by atoms with van der Waals surface area (Å²) < 4.78 is 47.4. The van der Waals surface area contributed by atoms with Crippen molar-refractivity contribution in [3.63, 3.8) is 0 Å². The SMILES string of the molecule is COc1ccc2ncc(C#N)c(CCN3CCC(NCc4ccc(C)c(OC(F)(F)F)c4)CC3)c2c1. The van der Waals surface area contributed by atoms with E-state index in [1.807, 2.05) is 24.3 Å². The number of nitrogens with zero attached hydrogens (tertiary/aromatic N) is 3. The Balaban J connectivity index is 1.31. The monoisotopic (exact) mass is 498 g/mol. The smallest absolute Gasteiger partial charge is 0.497 e. The van der Waals surface area contributed by atoms with E-state index < -0.39 is 6.36 Å². The van der Waals surface area contributed by atoms with Gasteiger partial charge < -0.3 is 19.7 Å². The van der Waals surface area contributed by atoms with E-state index >= 15 is 0 Å². The molecule has 1 saturated heterocycles. The minimum atomic E-state index is -4.70. The number of rotatable bonds is 8. The Labute approximate surface area is 208 Å². The predicted octanol–water partition coefficient (Wildman–Crippen LogP) is 5.12. The number of aryl methyl sites for hydroxylation is 1. The molecule has 190 valence electrons. The summed E-state index contributed by atoms with van der Waals surface area (Å²) in [5.41, 5.74) is 3.61. The van der Waals surface area contributed by atoms with Gasteiger partial charge in [-0.1, -0.05) is 12.1 Å². The lowest BCUT2D eigenvalue weighted by Crippen LogP contribution is -2.42. The summed E-state index contributed by atoms with van der Waals surface area (Å²) in [5.74, 6) is 0.577. The van der Waals surface area contributed by atoms with Crippen LogP contribution in [0.1, 0.15) is 35.1 Å². The number of methoxy groups -OCH3 is 1. The van der Waals surface area contributed by atoms with Crippen molar-refractivity contribution in [2.75, 3.05) is 26.7 Å². The largest absolute Gasteiger partial charge is 0.573 e. The first kappa shape index (κ1) is 25.7. The number of fused-ring (bicyclic) bond motifs is 1. The molecule has 4 rings (SSSR count). The molecule has 6 nitrogen and oxygen atoms in total. The number of ether oxygens (including phenoxy) is 2. The van der Waals surface area contributed by atoms with Gasteiger partial charge in [-0.15, -0.1) is 13.2 Å². The second-order valence-corrected chi connectivity index (χ2v) is 9.04. The molecule has 1 aromatic heterocycles. The van der Waals surface area contributed by atoms with Crippen molar-refractivity contribution in [1.29, 1.82) is 5.26 Å². The third-order valence-electron chi connectivity index (χ3n) is 6.65. The second kappa shape index (κ2) is 11.1. The first-order valence-corrected chi connectivity index (χ1v) is 11.9. The maximum absolute atomic E-state index is 12.6. The second-order valence-electron chi connectivity index (χ2n) is 9.04. The summed E-state index contributed by atoms with van der Waals surface area (Å²) in [5, 5.41) is 14.0. The highest BCUT2D eigenvalue weighted by Gasteiger charge is 2.31. The Kier molecular flexibility index (Phi) is 7.97. The average Bonchev–Trinajstić information content (AvgIpc) is 2.87. The van der Waals surface area contributed by atoms with E-state index in [1.54, 1.807) is 26.3 Å². The molecule has 1 aliphatic heterocycles. The number of hydrogen-bond donors (Lipinski definition) is 1. The van der Waals surface area contributed by atoms with Crippen LogP contribution in [0.3, 0.4) is 0 Å². The molecule has 1 fully saturated rings. The Bertz CT molecular complexity index is 1250. The zero-order valence-corrected chi connectivity index (χ0v) is 20.4. The van der Waals surface area contributed by atoms with E-state index in [2.05, 4.69) is 26.0 Å². The van der Waals surface area contributed by atoms with Crippen molar-refractivity contribution >= 4 is 10.9 Å². The fraction of sp³-hybridized carbons (Fsp3) is 0.407. The molecule has 36 heavy (non-hydrogen) atoms. The molecule has 1 N–H and O–H groups in total. The molecular weight excluding hydrogens is 469 g/mol.